The molecule has 1 aromatic carbocycles. The molecule has 1 spiro atoms. The molecule has 11 heteroatoms. The second kappa shape index (κ2) is 10.5. The van der Waals surface area contributed by atoms with Crippen molar-refractivity contribution in [1.29, 1.82) is 0 Å². The SMILES string of the molecule is CC1(CCOc2ccnc(CS(=O)c3nc4ccccc4[n-]3)c2)OCC2(CO1)OCCO2.[Na+]. The van der Waals surface area contributed by atoms with Gasteiger partial charge in [-0.15, -0.1) is 0 Å². The summed E-state index contributed by atoms with van der Waals surface area (Å²) >= 11 is 0. The molecule has 1 unspecified atom stereocenters. The monoisotopic (exact) mass is 481 g/mol. The van der Waals surface area contributed by atoms with Crippen LogP contribution in [0.15, 0.2) is 47.8 Å². The van der Waals surface area contributed by atoms with Crippen LogP contribution in [0.25, 0.3) is 11.0 Å². The fourth-order valence-electron chi connectivity index (χ4n) is 3.58. The quantitative estimate of drug-likeness (QED) is 0.400. The first-order valence-electron chi connectivity index (χ1n) is 10.4. The Hall–Kier alpha value is -1.37. The van der Waals surface area contributed by atoms with E-state index in [1.807, 2.05) is 31.2 Å². The molecule has 2 aliphatic heterocycles. The van der Waals surface area contributed by atoms with Crippen molar-refractivity contribution in [3.05, 3.63) is 48.3 Å². The van der Waals surface area contributed by atoms with Gasteiger partial charge in [0.25, 0.3) is 0 Å². The van der Waals surface area contributed by atoms with Crippen molar-refractivity contribution in [2.75, 3.05) is 33.0 Å². The van der Waals surface area contributed by atoms with E-state index >= 15 is 0 Å². The molecule has 4 heterocycles. The van der Waals surface area contributed by atoms with Gasteiger partial charge in [0.15, 0.2) is 5.79 Å². The van der Waals surface area contributed by atoms with Crippen molar-refractivity contribution in [2.45, 2.75) is 35.8 Å². The molecule has 2 aliphatic rings. The molecule has 0 aliphatic carbocycles. The summed E-state index contributed by atoms with van der Waals surface area (Å²) in [5, 5.41) is 0.312. The van der Waals surface area contributed by atoms with Gasteiger partial charge in [-0.25, -0.2) is 0 Å². The third kappa shape index (κ3) is 5.83. The van der Waals surface area contributed by atoms with Crippen LogP contribution in [0.2, 0.25) is 0 Å². The Balaban J connectivity index is 0.00000259. The summed E-state index contributed by atoms with van der Waals surface area (Å²) in [7, 11) is -1.40. The summed E-state index contributed by atoms with van der Waals surface area (Å²) in [6, 6.07) is 11.0. The van der Waals surface area contributed by atoms with Crippen molar-refractivity contribution < 1.29 is 57.5 Å². The summed E-state index contributed by atoms with van der Waals surface area (Å²) < 4.78 is 41.5. The summed E-state index contributed by atoms with van der Waals surface area (Å²) in [5.74, 6) is -0.694. The van der Waals surface area contributed by atoms with Crippen molar-refractivity contribution in [2.24, 2.45) is 0 Å². The second-order valence-electron chi connectivity index (χ2n) is 7.88. The van der Waals surface area contributed by atoms with Gasteiger partial charge < -0.3 is 33.7 Å². The van der Waals surface area contributed by atoms with Crippen LogP contribution in [0.5, 0.6) is 5.75 Å². The van der Waals surface area contributed by atoms with Crippen molar-refractivity contribution in [3.8, 4) is 5.75 Å². The van der Waals surface area contributed by atoms with E-state index in [-0.39, 0.29) is 35.3 Å². The minimum absolute atomic E-state index is 0. The van der Waals surface area contributed by atoms with E-state index in [2.05, 4.69) is 15.0 Å². The third-order valence-corrected chi connectivity index (χ3v) is 6.57. The van der Waals surface area contributed by atoms with Gasteiger partial charge >= 0.3 is 29.6 Å². The van der Waals surface area contributed by atoms with Gasteiger partial charge in [-0.05, 0) is 24.0 Å². The number of nitrogens with zero attached hydrogens (tertiary/aromatic N) is 3. The summed E-state index contributed by atoms with van der Waals surface area (Å²) in [6.45, 7) is 4.02. The fraction of sp³-hybridized carbons (Fsp3) is 0.455. The molecule has 2 fully saturated rings. The number of rotatable bonds is 7. The normalized spacial score (nSPS) is 19.9. The molecule has 2 aromatic heterocycles. The average Bonchev–Trinajstić information content (AvgIpc) is 3.44. The van der Waals surface area contributed by atoms with E-state index in [1.54, 1.807) is 18.3 Å². The van der Waals surface area contributed by atoms with Crippen LogP contribution < -0.4 is 39.3 Å². The number of hydrogen-bond donors (Lipinski definition) is 0. The van der Waals surface area contributed by atoms with Crippen LogP contribution in [-0.2, 0) is 35.5 Å². The first kappa shape index (κ1) is 24.7. The summed E-state index contributed by atoms with van der Waals surface area (Å²) in [5.41, 5.74) is 2.11. The van der Waals surface area contributed by atoms with Gasteiger partial charge in [0.2, 0.25) is 5.79 Å². The molecular formula is C22H24N3NaO6S. The molecular weight excluding hydrogens is 457 g/mol. The first-order valence-corrected chi connectivity index (χ1v) is 11.8. The first-order chi connectivity index (χ1) is 15.5. The maximum Gasteiger partial charge on any atom is 1.00 e. The Morgan fingerprint density at radius 3 is 2.64 bits per heavy atom. The molecule has 9 nitrogen and oxygen atoms in total. The molecule has 2 saturated heterocycles. The predicted molar refractivity (Wildman–Crippen MR) is 114 cm³/mol. The Morgan fingerprint density at radius 2 is 1.88 bits per heavy atom. The number of benzene rings is 1. The number of aromatic nitrogens is 3. The van der Waals surface area contributed by atoms with Gasteiger partial charge in [-0.1, -0.05) is 24.3 Å². The van der Waals surface area contributed by atoms with E-state index in [0.717, 1.165) is 11.0 Å². The van der Waals surface area contributed by atoms with Crippen LogP contribution in [0, 0.1) is 0 Å². The van der Waals surface area contributed by atoms with Gasteiger partial charge in [-0.2, -0.15) is 0 Å². The maximum atomic E-state index is 12.7. The fourth-order valence-corrected chi connectivity index (χ4v) is 4.54. The van der Waals surface area contributed by atoms with Crippen LogP contribution in [-0.4, -0.2) is 58.8 Å². The smallest absolute Gasteiger partial charge is 0.493 e. The topological polar surface area (TPSA) is 103 Å². The Kier molecular flexibility index (Phi) is 7.87. The van der Waals surface area contributed by atoms with Crippen LogP contribution in [0.3, 0.4) is 0 Å². The molecule has 170 valence electrons. The molecule has 0 amide bonds. The number of fused-ring (bicyclic) bond motifs is 1. The number of pyridine rings is 1. The van der Waals surface area contributed by atoms with Crippen LogP contribution in [0.4, 0.5) is 0 Å². The van der Waals surface area contributed by atoms with Crippen LogP contribution in [0.1, 0.15) is 19.0 Å². The minimum Gasteiger partial charge on any atom is -0.493 e. The van der Waals surface area contributed by atoms with E-state index in [0.29, 0.717) is 56.1 Å². The molecule has 0 saturated carbocycles. The average molecular weight is 482 g/mol. The number of para-hydroxylation sites is 2. The zero-order chi connectivity index (χ0) is 22.0. The Bertz CT molecular complexity index is 1080. The molecule has 33 heavy (non-hydrogen) atoms. The predicted octanol–water partition coefficient (Wildman–Crippen LogP) is -0.826. The number of imidazole rings is 1. The van der Waals surface area contributed by atoms with Gasteiger partial charge in [0.05, 0.1) is 42.1 Å². The molecule has 1 atom stereocenters. The Labute approximate surface area is 216 Å². The van der Waals surface area contributed by atoms with Crippen molar-refractivity contribution in [1.82, 2.24) is 15.0 Å². The van der Waals surface area contributed by atoms with Gasteiger partial charge in [-0.3, -0.25) is 9.19 Å². The van der Waals surface area contributed by atoms with E-state index in [9.17, 15) is 4.21 Å². The summed E-state index contributed by atoms with van der Waals surface area (Å²) in [6.07, 6.45) is 2.17. The largest absolute Gasteiger partial charge is 1.00 e. The minimum atomic E-state index is -1.40. The standard InChI is InChI=1S/C22H24N3O6S.Na/c1-21(30-14-22(15-31-21)28-10-11-29-22)7-9-27-17-6-8-23-16(12-17)13-32(26)20-24-18-4-2-3-5-19(18)25-20;/h2-6,8,12H,7,9-11,13-15H2,1H3;/q-1;+1. The Morgan fingerprint density at radius 1 is 1.12 bits per heavy atom. The van der Waals surface area contributed by atoms with Crippen LogP contribution >= 0.6 is 0 Å². The van der Waals surface area contributed by atoms with E-state index < -0.39 is 22.4 Å². The second-order valence-corrected chi connectivity index (χ2v) is 9.23. The van der Waals surface area contributed by atoms with Gasteiger partial charge in [0, 0.05) is 23.8 Å². The number of hydrogen-bond acceptors (Lipinski definition) is 8. The van der Waals surface area contributed by atoms with E-state index in [1.165, 1.54) is 0 Å². The number of ether oxygens (including phenoxy) is 5. The third-order valence-electron chi connectivity index (χ3n) is 5.42. The molecule has 0 bridgehead atoms. The van der Waals surface area contributed by atoms with E-state index in [4.69, 9.17) is 23.7 Å². The molecule has 3 aromatic rings. The molecule has 0 N–H and O–H groups in total. The zero-order valence-electron chi connectivity index (χ0n) is 18.7. The molecule has 0 radical (unpaired) electrons. The van der Waals surface area contributed by atoms with Gasteiger partial charge in [0.1, 0.15) is 19.0 Å². The zero-order valence-corrected chi connectivity index (χ0v) is 21.5. The van der Waals surface area contributed by atoms with Crippen molar-refractivity contribution >= 4 is 21.8 Å². The van der Waals surface area contributed by atoms with Crippen molar-refractivity contribution in [3.63, 3.8) is 0 Å². The maximum absolute atomic E-state index is 12.7. The molecule has 5 rings (SSSR count). The summed E-state index contributed by atoms with van der Waals surface area (Å²) in [4.78, 5) is 13.0.